The highest BCUT2D eigenvalue weighted by Gasteiger charge is 2.23. The maximum absolute atomic E-state index is 5.51. The van der Waals surface area contributed by atoms with Crippen LogP contribution in [0.15, 0.2) is 36.7 Å². The molecule has 1 aliphatic carbocycles. The molecule has 1 aliphatic rings. The smallest absolute Gasteiger partial charge is 0.0591 e. The van der Waals surface area contributed by atoms with Gasteiger partial charge in [0.25, 0.3) is 0 Å². The predicted octanol–water partition coefficient (Wildman–Crippen LogP) is 4.28. The zero-order chi connectivity index (χ0) is 13.9. The van der Waals surface area contributed by atoms with Gasteiger partial charge in [-0.05, 0) is 59.9 Å². The second-order valence-electron chi connectivity index (χ2n) is 5.37. The van der Waals surface area contributed by atoms with Gasteiger partial charge in [-0.1, -0.05) is 18.2 Å². The van der Waals surface area contributed by atoms with Crippen LogP contribution in [-0.2, 0) is 4.74 Å². The molecule has 1 heterocycles. The first kappa shape index (κ1) is 14.1. The molecule has 1 saturated carbocycles. The van der Waals surface area contributed by atoms with Gasteiger partial charge in [0, 0.05) is 22.4 Å². The summed E-state index contributed by atoms with van der Waals surface area (Å²) in [5.74, 6) is 0. The molecule has 1 aromatic carbocycles. The topological polar surface area (TPSA) is 27.1 Å². The molecule has 1 aromatic heterocycles. The molecule has 0 N–H and O–H groups in total. The minimum atomic E-state index is 0.387. The molecule has 1 fully saturated rings. The molecule has 0 amide bonds. The monoisotopic (exact) mass is 382 g/mol. The van der Waals surface area contributed by atoms with Gasteiger partial charge in [-0.25, -0.2) is 0 Å². The standard InChI is InChI=1S/C16H19IN2O/c1-20-14-6-4-5-13(9-14)19-11-12(10-18-19)15-7-2-3-8-16(15)17/h2-3,7-8,10-11,13-14H,4-6,9H2,1H3. The van der Waals surface area contributed by atoms with E-state index in [-0.39, 0.29) is 0 Å². The SMILES string of the molecule is COC1CCCC(n2cc(-c3ccccc3I)cn2)C1. The Kier molecular flexibility index (Phi) is 4.41. The lowest BCUT2D eigenvalue weighted by molar-refractivity contribution is 0.0508. The van der Waals surface area contributed by atoms with Crippen molar-refractivity contribution in [2.75, 3.05) is 7.11 Å². The van der Waals surface area contributed by atoms with Crippen molar-refractivity contribution >= 4 is 22.6 Å². The summed E-state index contributed by atoms with van der Waals surface area (Å²) < 4.78 is 8.91. The highest BCUT2D eigenvalue weighted by Crippen LogP contribution is 2.31. The number of benzene rings is 1. The maximum atomic E-state index is 5.51. The Morgan fingerprint density at radius 1 is 1.30 bits per heavy atom. The number of hydrogen-bond donors (Lipinski definition) is 0. The highest BCUT2D eigenvalue weighted by atomic mass is 127. The van der Waals surface area contributed by atoms with Crippen molar-refractivity contribution in [3.8, 4) is 11.1 Å². The van der Waals surface area contributed by atoms with Crippen LogP contribution in [-0.4, -0.2) is 23.0 Å². The van der Waals surface area contributed by atoms with Gasteiger partial charge >= 0.3 is 0 Å². The first-order chi connectivity index (χ1) is 9.78. The van der Waals surface area contributed by atoms with Crippen LogP contribution in [0.5, 0.6) is 0 Å². The molecule has 2 atom stereocenters. The van der Waals surface area contributed by atoms with Crippen LogP contribution in [0.2, 0.25) is 0 Å². The van der Waals surface area contributed by atoms with Crippen molar-refractivity contribution in [2.45, 2.75) is 37.8 Å². The normalized spacial score (nSPS) is 22.9. The fourth-order valence-corrected chi connectivity index (χ4v) is 3.65. The first-order valence-electron chi connectivity index (χ1n) is 7.10. The molecule has 0 radical (unpaired) electrons. The molecule has 4 heteroatoms. The van der Waals surface area contributed by atoms with Crippen LogP contribution < -0.4 is 0 Å². The van der Waals surface area contributed by atoms with Gasteiger partial charge < -0.3 is 4.74 Å². The minimum absolute atomic E-state index is 0.387. The van der Waals surface area contributed by atoms with Crippen molar-refractivity contribution in [3.05, 3.63) is 40.2 Å². The molecule has 2 aromatic rings. The van der Waals surface area contributed by atoms with E-state index in [0.29, 0.717) is 12.1 Å². The van der Waals surface area contributed by atoms with E-state index in [9.17, 15) is 0 Å². The number of hydrogen-bond acceptors (Lipinski definition) is 2. The van der Waals surface area contributed by atoms with E-state index in [4.69, 9.17) is 4.74 Å². The van der Waals surface area contributed by atoms with E-state index in [1.165, 1.54) is 34.0 Å². The number of rotatable bonds is 3. The average Bonchev–Trinajstić information content (AvgIpc) is 2.97. The molecule has 0 saturated heterocycles. The van der Waals surface area contributed by atoms with Crippen LogP contribution in [0, 0.1) is 3.57 Å². The Hall–Kier alpha value is -0.880. The Morgan fingerprint density at radius 3 is 2.95 bits per heavy atom. The third-order valence-corrected chi connectivity index (χ3v) is 5.03. The Bertz CT molecular complexity index is 581. The van der Waals surface area contributed by atoms with Crippen molar-refractivity contribution < 1.29 is 4.74 Å². The van der Waals surface area contributed by atoms with E-state index in [2.05, 4.69) is 62.8 Å². The van der Waals surface area contributed by atoms with Gasteiger partial charge in [0.2, 0.25) is 0 Å². The van der Waals surface area contributed by atoms with Crippen LogP contribution in [0.25, 0.3) is 11.1 Å². The number of nitrogens with zero attached hydrogens (tertiary/aromatic N) is 2. The molecule has 0 bridgehead atoms. The van der Waals surface area contributed by atoms with Gasteiger partial charge in [-0.15, -0.1) is 0 Å². The largest absolute Gasteiger partial charge is 0.381 e. The quantitative estimate of drug-likeness (QED) is 0.741. The Labute approximate surface area is 133 Å². The lowest BCUT2D eigenvalue weighted by atomic mass is 9.93. The molecule has 3 rings (SSSR count). The van der Waals surface area contributed by atoms with Crippen LogP contribution in [0.4, 0.5) is 0 Å². The van der Waals surface area contributed by atoms with Crippen molar-refractivity contribution in [2.24, 2.45) is 0 Å². The van der Waals surface area contributed by atoms with Gasteiger partial charge in [0.15, 0.2) is 0 Å². The zero-order valence-electron chi connectivity index (χ0n) is 11.6. The summed E-state index contributed by atoms with van der Waals surface area (Å²) in [5.41, 5.74) is 2.47. The fourth-order valence-electron chi connectivity index (χ4n) is 2.95. The zero-order valence-corrected chi connectivity index (χ0v) is 13.8. The number of aromatic nitrogens is 2. The lowest BCUT2D eigenvalue weighted by Gasteiger charge is -2.28. The third-order valence-electron chi connectivity index (χ3n) is 4.09. The number of methoxy groups -OCH3 is 1. The number of halogens is 1. The molecule has 106 valence electrons. The molecule has 2 unspecified atom stereocenters. The van der Waals surface area contributed by atoms with Crippen LogP contribution in [0.3, 0.4) is 0 Å². The Balaban J connectivity index is 1.82. The summed E-state index contributed by atoms with van der Waals surface area (Å²) >= 11 is 2.38. The second kappa shape index (κ2) is 6.26. The summed E-state index contributed by atoms with van der Waals surface area (Å²) in [6, 6.07) is 8.91. The van der Waals surface area contributed by atoms with Gasteiger partial charge in [-0.2, -0.15) is 5.10 Å². The van der Waals surface area contributed by atoms with Gasteiger partial charge in [-0.3, -0.25) is 4.68 Å². The summed E-state index contributed by atoms with van der Waals surface area (Å²) in [6.07, 6.45) is 9.22. The van der Waals surface area contributed by atoms with Crippen molar-refractivity contribution in [1.82, 2.24) is 9.78 Å². The second-order valence-corrected chi connectivity index (χ2v) is 6.53. The summed E-state index contributed by atoms with van der Waals surface area (Å²) in [4.78, 5) is 0. The minimum Gasteiger partial charge on any atom is -0.381 e. The highest BCUT2D eigenvalue weighted by molar-refractivity contribution is 14.1. The molecule has 3 nitrogen and oxygen atoms in total. The van der Waals surface area contributed by atoms with E-state index in [1.54, 1.807) is 0 Å². The van der Waals surface area contributed by atoms with Crippen molar-refractivity contribution in [3.63, 3.8) is 0 Å². The van der Waals surface area contributed by atoms with Gasteiger partial charge in [0.05, 0.1) is 18.3 Å². The molecule has 20 heavy (non-hydrogen) atoms. The predicted molar refractivity (Wildman–Crippen MR) is 88.7 cm³/mol. The van der Waals surface area contributed by atoms with Crippen LogP contribution >= 0.6 is 22.6 Å². The van der Waals surface area contributed by atoms with Crippen LogP contribution in [0.1, 0.15) is 31.7 Å². The van der Waals surface area contributed by atoms with E-state index in [1.807, 2.05) is 13.3 Å². The third kappa shape index (κ3) is 2.91. The van der Waals surface area contributed by atoms with E-state index in [0.717, 1.165) is 6.42 Å². The molecule has 0 aliphatic heterocycles. The summed E-state index contributed by atoms with van der Waals surface area (Å²) in [7, 11) is 1.81. The average molecular weight is 382 g/mol. The van der Waals surface area contributed by atoms with Gasteiger partial charge in [0.1, 0.15) is 0 Å². The Morgan fingerprint density at radius 2 is 2.15 bits per heavy atom. The van der Waals surface area contributed by atoms with E-state index >= 15 is 0 Å². The lowest BCUT2D eigenvalue weighted by Crippen LogP contribution is -2.24. The maximum Gasteiger partial charge on any atom is 0.0591 e. The first-order valence-corrected chi connectivity index (χ1v) is 8.17. The fraction of sp³-hybridized carbons (Fsp3) is 0.438. The summed E-state index contributed by atoms with van der Waals surface area (Å²) in [5, 5.41) is 4.58. The molecular weight excluding hydrogens is 363 g/mol. The molecular formula is C16H19IN2O. The summed E-state index contributed by atoms with van der Waals surface area (Å²) in [6.45, 7) is 0. The van der Waals surface area contributed by atoms with E-state index < -0.39 is 0 Å². The number of ether oxygens (including phenoxy) is 1. The van der Waals surface area contributed by atoms with Crippen molar-refractivity contribution in [1.29, 1.82) is 0 Å². The molecule has 0 spiro atoms.